The lowest BCUT2D eigenvalue weighted by Crippen LogP contribution is -2.00. The maximum atomic E-state index is 2.48. The minimum absolute atomic E-state index is 0.905. The topological polar surface area (TPSA) is 0 Å². The third-order valence-electron chi connectivity index (χ3n) is 3.27. The number of allylic oxidation sites excluding steroid dienone is 2. The van der Waals surface area contributed by atoms with E-state index in [-0.39, 0.29) is 0 Å². The monoisotopic (exact) mass is 136 g/mol. The van der Waals surface area contributed by atoms with E-state index in [1.807, 2.05) is 0 Å². The van der Waals surface area contributed by atoms with Crippen LogP contribution in [-0.2, 0) is 0 Å². The first kappa shape index (κ1) is 6.45. The Kier molecular flexibility index (Phi) is 1.36. The van der Waals surface area contributed by atoms with Crippen LogP contribution in [0.3, 0.4) is 0 Å². The Morgan fingerprint density at radius 1 is 1.40 bits per heavy atom. The molecule has 0 heteroatoms. The van der Waals surface area contributed by atoms with Gasteiger partial charge in [-0.3, -0.25) is 0 Å². The van der Waals surface area contributed by atoms with Crippen LogP contribution < -0.4 is 0 Å². The van der Waals surface area contributed by atoms with E-state index >= 15 is 0 Å². The molecule has 0 amide bonds. The highest BCUT2D eigenvalue weighted by molar-refractivity contribution is 5.20. The summed E-state index contributed by atoms with van der Waals surface area (Å²) in [7, 11) is 0. The molecule has 0 spiro atoms. The van der Waals surface area contributed by atoms with E-state index in [4.69, 9.17) is 0 Å². The van der Waals surface area contributed by atoms with Crippen LogP contribution in [0.25, 0.3) is 0 Å². The molecule has 2 aliphatic rings. The van der Waals surface area contributed by atoms with Gasteiger partial charge in [0.2, 0.25) is 0 Å². The van der Waals surface area contributed by atoms with Crippen LogP contribution in [0.2, 0.25) is 0 Å². The van der Waals surface area contributed by atoms with E-state index in [2.05, 4.69) is 19.9 Å². The number of fused-ring (bicyclic) bond motifs is 1. The summed E-state index contributed by atoms with van der Waals surface area (Å²) in [4.78, 5) is 0. The average Bonchev–Trinajstić information content (AvgIpc) is 2.39. The quantitative estimate of drug-likeness (QED) is 0.449. The molecular weight excluding hydrogens is 120 g/mol. The van der Waals surface area contributed by atoms with Crippen molar-refractivity contribution in [3.8, 4) is 0 Å². The molecule has 0 saturated heterocycles. The van der Waals surface area contributed by atoms with E-state index in [9.17, 15) is 0 Å². The van der Waals surface area contributed by atoms with Gasteiger partial charge in [0.05, 0.1) is 0 Å². The van der Waals surface area contributed by atoms with E-state index in [0.717, 1.165) is 17.8 Å². The van der Waals surface area contributed by atoms with Gasteiger partial charge in [0.25, 0.3) is 0 Å². The molecule has 0 radical (unpaired) electrons. The van der Waals surface area contributed by atoms with Gasteiger partial charge in [0.1, 0.15) is 0 Å². The van der Waals surface area contributed by atoms with Crippen molar-refractivity contribution in [1.82, 2.24) is 0 Å². The molecule has 2 aliphatic carbocycles. The molecule has 0 heterocycles. The van der Waals surface area contributed by atoms with Crippen molar-refractivity contribution < 1.29 is 0 Å². The second kappa shape index (κ2) is 2.11. The lowest BCUT2D eigenvalue weighted by Gasteiger charge is -2.09. The summed E-state index contributed by atoms with van der Waals surface area (Å²) in [6.45, 7) is 4.79. The van der Waals surface area contributed by atoms with Crippen LogP contribution in [0.5, 0.6) is 0 Å². The number of hydrogen-bond donors (Lipinski definition) is 0. The van der Waals surface area contributed by atoms with Gasteiger partial charge in [0.15, 0.2) is 0 Å². The molecule has 0 aromatic carbocycles. The van der Waals surface area contributed by atoms with Crippen molar-refractivity contribution in [3.05, 3.63) is 11.6 Å². The number of rotatable bonds is 0. The van der Waals surface area contributed by atoms with Crippen molar-refractivity contribution in [3.63, 3.8) is 0 Å². The zero-order valence-corrected chi connectivity index (χ0v) is 6.93. The molecule has 0 bridgehead atoms. The molecule has 0 aromatic heterocycles. The average molecular weight is 136 g/mol. The molecule has 0 aromatic rings. The molecule has 10 heavy (non-hydrogen) atoms. The first-order chi connectivity index (χ1) is 4.79. The normalized spacial score (nSPS) is 45.4. The van der Waals surface area contributed by atoms with Gasteiger partial charge in [-0.25, -0.2) is 0 Å². The molecule has 3 atom stereocenters. The summed E-state index contributed by atoms with van der Waals surface area (Å²) in [5.41, 5.74) is 1.78. The Balaban J connectivity index is 2.24. The first-order valence-corrected chi connectivity index (χ1v) is 4.49. The van der Waals surface area contributed by atoms with Crippen LogP contribution in [0.15, 0.2) is 11.6 Å². The van der Waals surface area contributed by atoms with Gasteiger partial charge in [-0.05, 0) is 37.0 Å². The predicted octanol–water partition coefficient (Wildman–Crippen LogP) is 3.00. The lowest BCUT2D eigenvalue weighted by atomic mass is 9.96. The molecule has 3 unspecified atom stereocenters. The minimum atomic E-state index is 0.905. The van der Waals surface area contributed by atoms with E-state index in [1.54, 1.807) is 5.57 Å². The third kappa shape index (κ3) is 0.744. The van der Waals surface area contributed by atoms with Gasteiger partial charge in [-0.2, -0.15) is 0 Å². The van der Waals surface area contributed by atoms with Gasteiger partial charge in [-0.15, -0.1) is 0 Å². The molecule has 2 rings (SSSR count). The van der Waals surface area contributed by atoms with E-state index < -0.39 is 0 Å². The zero-order chi connectivity index (χ0) is 7.14. The van der Waals surface area contributed by atoms with Crippen LogP contribution in [0.1, 0.15) is 33.1 Å². The standard InChI is InChI=1S/C10H16/c1-7-6-8(2)10-5-3-4-9(7)10/h4,7-8,10H,3,5-6H2,1-2H3. The zero-order valence-electron chi connectivity index (χ0n) is 6.93. The van der Waals surface area contributed by atoms with Gasteiger partial charge < -0.3 is 0 Å². The fourth-order valence-electron chi connectivity index (χ4n) is 2.79. The van der Waals surface area contributed by atoms with Crippen molar-refractivity contribution in [1.29, 1.82) is 0 Å². The Labute approximate surface area is 63.3 Å². The van der Waals surface area contributed by atoms with Crippen LogP contribution in [0.4, 0.5) is 0 Å². The SMILES string of the molecule is CC1CC(C)C2CCC=C12. The fourth-order valence-corrected chi connectivity index (χ4v) is 2.79. The number of hydrogen-bond acceptors (Lipinski definition) is 0. The minimum Gasteiger partial charge on any atom is -0.0847 e. The Bertz CT molecular complexity index is 167. The smallest absolute Gasteiger partial charge is 0.0172 e. The van der Waals surface area contributed by atoms with Crippen LogP contribution in [-0.4, -0.2) is 0 Å². The predicted molar refractivity (Wildman–Crippen MR) is 43.8 cm³/mol. The highest BCUT2D eigenvalue weighted by Gasteiger charge is 2.35. The Morgan fingerprint density at radius 3 is 2.90 bits per heavy atom. The molecule has 1 fully saturated rings. The molecule has 0 nitrogen and oxygen atoms in total. The Morgan fingerprint density at radius 2 is 2.20 bits per heavy atom. The summed E-state index contributed by atoms with van der Waals surface area (Å²) in [5.74, 6) is 2.86. The van der Waals surface area contributed by atoms with Crippen molar-refractivity contribution in [2.24, 2.45) is 17.8 Å². The van der Waals surface area contributed by atoms with E-state index in [1.165, 1.54) is 19.3 Å². The Hall–Kier alpha value is -0.260. The maximum Gasteiger partial charge on any atom is -0.0172 e. The fraction of sp³-hybridized carbons (Fsp3) is 0.800. The molecular formula is C10H16. The summed E-state index contributed by atoms with van der Waals surface area (Å²) in [5, 5.41) is 0. The highest BCUT2D eigenvalue weighted by atomic mass is 14.4. The van der Waals surface area contributed by atoms with Crippen LogP contribution >= 0.6 is 0 Å². The second-order valence-electron chi connectivity index (χ2n) is 4.00. The van der Waals surface area contributed by atoms with Gasteiger partial charge in [0, 0.05) is 0 Å². The van der Waals surface area contributed by atoms with Crippen LogP contribution in [0, 0.1) is 17.8 Å². The van der Waals surface area contributed by atoms with Gasteiger partial charge in [-0.1, -0.05) is 25.5 Å². The molecule has 56 valence electrons. The van der Waals surface area contributed by atoms with Crippen molar-refractivity contribution in [2.45, 2.75) is 33.1 Å². The van der Waals surface area contributed by atoms with E-state index in [0.29, 0.717) is 0 Å². The molecule has 0 N–H and O–H groups in total. The summed E-state index contributed by atoms with van der Waals surface area (Å²) in [6, 6.07) is 0. The first-order valence-electron chi connectivity index (χ1n) is 4.49. The maximum absolute atomic E-state index is 2.48. The van der Waals surface area contributed by atoms with Crippen molar-refractivity contribution >= 4 is 0 Å². The highest BCUT2D eigenvalue weighted by Crippen LogP contribution is 2.46. The summed E-state index contributed by atoms with van der Waals surface area (Å²) >= 11 is 0. The second-order valence-corrected chi connectivity index (χ2v) is 4.00. The van der Waals surface area contributed by atoms with Crippen molar-refractivity contribution in [2.75, 3.05) is 0 Å². The largest absolute Gasteiger partial charge is 0.0847 e. The summed E-state index contributed by atoms with van der Waals surface area (Å²) in [6.07, 6.45) is 6.73. The molecule has 1 saturated carbocycles. The third-order valence-corrected chi connectivity index (χ3v) is 3.27. The summed E-state index contributed by atoms with van der Waals surface area (Å²) < 4.78 is 0. The lowest BCUT2D eigenvalue weighted by molar-refractivity contribution is 0.441. The molecule has 0 aliphatic heterocycles. The van der Waals surface area contributed by atoms with Gasteiger partial charge >= 0.3 is 0 Å².